The van der Waals surface area contributed by atoms with Gasteiger partial charge in [0.25, 0.3) is 0 Å². The minimum absolute atomic E-state index is 0.0423. The standard InChI is InChI=1S/C17H26N2O4S/c1-13(2)23-15-5-7-16(8-6-15)24(21,22)19-11-9-14(10-12-19)17(20)18(3)4/h5-8,13-14H,9-12H2,1-4H3. The van der Waals surface area contributed by atoms with Gasteiger partial charge in [0, 0.05) is 33.1 Å². The maximum atomic E-state index is 12.7. The van der Waals surface area contributed by atoms with Crippen molar-refractivity contribution in [3.05, 3.63) is 24.3 Å². The summed E-state index contributed by atoms with van der Waals surface area (Å²) in [6.45, 7) is 4.58. The molecular weight excluding hydrogens is 328 g/mol. The van der Waals surface area contributed by atoms with Gasteiger partial charge in [-0.2, -0.15) is 4.31 Å². The number of carbonyl (C=O) groups excluding carboxylic acids is 1. The zero-order valence-corrected chi connectivity index (χ0v) is 15.5. The van der Waals surface area contributed by atoms with E-state index in [1.807, 2.05) is 13.8 Å². The minimum Gasteiger partial charge on any atom is -0.491 e. The molecule has 1 fully saturated rings. The van der Waals surface area contributed by atoms with E-state index in [9.17, 15) is 13.2 Å². The predicted octanol–water partition coefficient (Wildman–Crippen LogP) is 1.96. The normalized spacial score (nSPS) is 17.0. The number of ether oxygens (including phenoxy) is 1. The van der Waals surface area contributed by atoms with Crippen molar-refractivity contribution in [3.8, 4) is 5.75 Å². The molecule has 1 heterocycles. The van der Waals surface area contributed by atoms with Gasteiger partial charge in [-0.05, 0) is 51.0 Å². The number of carbonyl (C=O) groups is 1. The molecule has 7 heteroatoms. The Balaban J connectivity index is 2.05. The van der Waals surface area contributed by atoms with E-state index in [0.717, 1.165) is 0 Å². The lowest BCUT2D eigenvalue weighted by Gasteiger charge is -2.31. The van der Waals surface area contributed by atoms with Gasteiger partial charge in [0.1, 0.15) is 5.75 Å². The monoisotopic (exact) mass is 354 g/mol. The van der Waals surface area contributed by atoms with Gasteiger partial charge in [0.05, 0.1) is 11.0 Å². The molecule has 1 amide bonds. The maximum Gasteiger partial charge on any atom is 0.243 e. The lowest BCUT2D eigenvalue weighted by atomic mass is 9.97. The van der Waals surface area contributed by atoms with Gasteiger partial charge in [-0.25, -0.2) is 8.42 Å². The summed E-state index contributed by atoms with van der Waals surface area (Å²) in [6, 6.07) is 6.50. The van der Waals surface area contributed by atoms with Gasteiger partial charge in [-0.1, -0.05) is 0 Å². The summed E-state index contributed by atoms with van der Waals surface area (Å²) in [5, 5.41) is 0. The van der Waals surface area contributed by atoms with Crippen LogP contribution >= 0.6 is 0 Å². The quantitative estimate of drug-likeness (QED) is 0.811. The number of amides is 1. The Morgan fingerprint density at radius 2 is 1.71 bits per heavy atom. The second-order valence-electron chi connectivity index (χ2n) is 6.55. The fourth-order valence-electron chi connectivity index (χ4n) is 2.82. The van der Waals surface area contributed by atoms with Gasteiger partial charge < -0.3 is 9.64 Å². The molecular formula is C17H26N2O4S. The van der Waals surface area contributed by atoms with Crippen molar-refractivity contribution in [2.75, 3.05) is 27.2 Å². The van der Waals surface area contributed by atoms with E-state index >= 15 is 0 Å². The summed E-state index contributed by atoms with van der Waals surface area (Å²) in [4.78, 5) is 13.8. The average Bonchev–Trinajstić information content (AvgIpc) is 2.54. The summed E-state index contributed by atoms with van der Waals surface area (Å²) in [5.74, 6) is 0.634. The van der Waals surface area contributed by atoms with E-state index < -0.39 is 10.0 Å². The van der Waals surface area contributed by atoms with E-state index in [2.05, 4.69) is 0 Å². The van der Waals surface area contributed by atoms with Crippen molar-refractivity contribution in [1.29, 1.82) is 0 Å². The number of hydrogen-bond donors (Lipinski definition) is 0. The highest BCUT2D eigenvalue weighted by atomic mass is 32.2. The van der Waals surface area contributed by atoms with Crippen LogP contribution in [-0.2, 0) is 14.8 Å². The number of rotatable bonds is 5. The number of sulfonamides is 1. The van der Waals surface area contributed by atoms with E-state index in [0.29, 0.717) is 31.7 Å². The van der Waals surface area contributed by atoms with Crippen LogP contribution in [0, 0.1) is 5.92 Å². The third-order valence-electron chi connectivity index (χ3n) is 4.08. The van der Waals surface area contributed by atoms with Crippen LogP contribution in [-0.4, -0.2) is 56.8 Å². The molecule has 1 aliphatic rings. The Hall–Kier alpha value is -1.60. The molecule has 2 rings (SSSR count). The van der Waals surface area contributed by atoms with Crippen molar-refractivity contribution in [3.63, 3.8) is 0 Å². The van der Waals surface area contributed by atoms with Crippen molar-refractivity contribution >= 4 is 15.9 Å². The topological polar surface area (TPSA) is 66.9 Å². The molecule has 0 bridgehead atoms. The lowest BCUT2D eigenvalue weighted by molar-refractivity contribution is -0.134. The highest BCUT2D eigenvalue weighted by molar-refractivity contribution is 7.89. The van der Waals surface area contributed by atoms with Crippen LogP contribution in [0.4, 0.5) is 0 Å². The van der Waals surface area contributed by atoms with Gasteiger partial charge in [-0.3, -0.25) is 4.79 Å². The largest absolute Gasteiger partial charge is 0.491 e. The molecule has 0 unspecified atom stereocenters. The molecule has 0 radical (unpaired) electrons. The average molecular weight is 354 g/mol. The first-order chi connectivity index (χ1) is 11.2. The summed E-state index contributed by atoms with van der Waals surface area (Å²) < 4.78 is 32.4. The van der Waals surface area contributed by atoms with Crippen LogP contribution in [0.2, 0.25) is 0 Å². The zero-order valence-electron chi connectivity index (χ0n) is 14.7. The van der Waals surface area contributed by atoms with Crippen LogP contribution in [0.3, 0.4) is 0 Å². The summed E-state index contributed by atoms with van der Waals surface area (Å²) in [7, 11) is -0.0670. The SMILES string of the molecule is CC(C)Oc1ccc(S(=O)(=O)N2CCC(C(=O)N(C)C)CC2)cc1. The molecule has 0 atom stereocenters. The smallest absolute Gasteiger partial charge is 0.243 e. The molecule has 1 aromatic rings. The number of piperidine rings is 1. The first-order valence-corrected chi connectivity index (χ1v) is 9.64. The van der Waals surface area contributed by atoms with E-state index in [4.69, 9.17) is 4.74 Å². The summed E-state index contributed by atoms with van der Waals surface area (Å²) >= 11 is 0. The first-order valence-electron chi connectivity index (χ1n) is 8.20. The third kappa shape index (κ3) is 4.27. The molecule has 1 saturated heterocycles. The second kappa shape index (κ2) is 7.53. The highest BCUT2D eigenvalue weighted by Crippen LogP contribution is 2.26. The van der Waals surface area contributed by atoms with Crippen molar-refractivity contribution in [2.24, 2.45) is 5.92 Å². The Bertz CT molecular complexity index is 660. The molecule has 6 nitrogen and oxygen atoms in total. The Kier molecular flexibility index (Phi) is 5.87. The Labute approximate surface area is 144 Å². The van der Waals surface area contributed by atoms with E-state index in [-0.39, 0.29) is 22.8 Å². The van der Waals surface area contributed by atoms with Crippen LogP contribution in [0.15, 0.2) is 29.2 Å². The first kappa shape index (κ1) is 18.7. The van der Waals surface area contributed by atoms with Gasteiger partial charge >= 0.3 is 0 Å². The molecule has 24 heavy (non-hydrogen) atoms. The summed E-state index contributed by atoms with van der Waals surface area (Å²) in [5.41, 5.74) is 0. The lowest BCUT2D eigenvalue weighted by Crippen LogP contribution is -2.42. The molecule has 0 N–H and O–H groups in total. The summed E-state index contributed by atoms with van der Waals surface area (Å²) in [6.07, 6.45) is 1.16. The van der Waals surface area contributed by atoms with Crippen molar-refractivity contribution in [1.82, 2.24) is 9.21 Å². The Morgan fingerprint density at radius 1 is 1.17 bits per heavy atom. The van der Waals surface area contributed by atoms with E-state index in [1.54, 1.807) is 43.3 Å². The second-order valence-corrected chi connectivity index (χ2v) is 8.49. The molecule has 0 spiro atoms. The zero-order chi connectivity index (χ0) is 17.9. The molecule has 134 valence electrons. The van der Waals surface area contributed by atoms with Crippen LogP contribution < -0.4 is 4.74 Å². The van der Waals surface area contributed by atoms with Crippen LogP contribution in [0.5, 0.6) is 5.75 Å². The number of hydrogen-bond acceptors (Lipinski definition) is 4. The number of nitrogens with zero attached hydrogens (tertiary/aromatic N) is 2. The molecule has 0 aliphatic carbocycles. The molecule has 1 aliphatic heterocycles. The van der Waals surface area contributed by atoms with Crippen molar-refractivity contribution in [2.45, 2.75) is 37.7 Å². The fourth-order valence-corrected chi connectivity index (χ4v) is 4.29. The number of benzene rings is 1. The maximum absolute atomic E-state index is 12.7. The van der Waals surface area contributed by atoms with Crippen molar-refractivity contribution < 1.29 is 17.9 Å². The molecule has 0 aromatic heterocycles. The predicted molar refractivity (Wildman–Crippen MR) is 92.4 cm³/mol. The van der Waals surface area contributed by atoms with Crippen LogP contribution in [0.25, 0.3) is 0 Å². The van der Waals surface area contributed by atoms with Gasteiger partial charge in [0.15, 0.2) is 0 Å². The van der Waals surface area contributed by atoms with E-state index in [1.165, 1.54) is 4.31 Å². The van der Waals surface area contributed by atoms with Crippen LogP contribution in [0.1, 0.15) is 26.7 Å². The Morgan fingerprint density at radius 3 is 2.17 bits per heavy atom. The molecule has 1 aromatic carbocycles. The van der Waals surface area contributed by atoms with Gasteiger partial charge in [0.2, 0.25) is 15.9 Å². The fraction of sp³-hybridized carbons (Fsp3) is 0.588. The third-order valence-corrected chi connectivity index (χ3v) is 5.99. The minimum atomic E-state index is -3.52. The highest BCUT2D eigenvalue weighted by Gasteiger charge is 2.32. The molecule has 0 saturated carbocycles. The van der Waals surface area contributed by atoms with Gasteiger partial charge in [-0.15, -0.1) is 0 Å².